The Morgan fingerprint density at radius 3 is 2.71 bits per heavy atom. The number of hydrogen-bond acceptors (Lipinski definition) is 2. The molecule has 3 rings (SSSR count). The molecule has 2 aromatic rings. The van der Waals surface area contributed by atoms with Crippen LogP contribution in [0, 0.1) is 19.8 Å². The highest BCUT2D eigenvalue weighted by atomic mass is 16.2. The first-order valence-corrected chi connectivity index (χ1v) is 8.24. The summed E-state index contributed by atoms with van der Waals surface area (Å²) in [4.78, 5) is 26.5. The predicted molar refractivity (Wildman–Crippen MR) is 94.7 cm³/mol. The van der Waals surface area contributed by atoms with Gasteiger partial charge in [-0.3, -0.25) is 9.59 Å². The number of rotatable bonds is 4. The van der Waals surface area contributed by atoms with E-state index in [1.807, 2.05) is 56.3 Å². The predicted octanol–water partition coefficient (Wildman–Crippen LogP) is 2.97. The van der Waals surface area contributed by atoms with Gasteiger partial charge in [0, 0.05) is 25.2 Å². The molecule has 1 aliphatic rings. The van der Waals surface area contributed by atoms with Gasteiger partial charge in [0.15, 0.2) is 0 Å². The summed E-state index contributed by atoms with van der Waals surface area (Å²) >= 11 is 0. The monoisotopic (exact) mass is 322 g/mol. The lowest BCUT2D eigenvalue weighted by Crippen LogP contribution is -2.32. The minimum absolute atomic E-state index is 0.0139. The Balaban J connectivity index is 1.63. The average molecular weight is 322 g/mol. The van der Waals surface area contributed by atoms with E-state index in [1.165, 1.54) is 5.56 Å². The largest absolute Gasteiger partial charge is 0.352 e. The maximum atomic E-state index is 12.4. The lowest BCUT2D eigenvalue weighted by atomic mass is 10.1. The average Bonchev–Trinajstić information content (AvgIpc) is 2.95. The Kier molecular flexibility index (Phi) is 4.65. The summed E-state index contributed by atoms with van der Waals surface area (Å²) < 4.78 is 0. The van der Waals surface area contributed by atoms with Crippen LogP contribution in [0.4, 0.5) is 5.69 Å². The van der Waals surface area contributed by atoms with Crippen molar-refractivity contribution in [1.29, 1.82) is 0 Å². The second-order valence-corrected chi connectivity index (χ2v) is 6.40. The van der Waals surface area contributed by atoms with Crippen molar-refractivity contribution in [2.45, 2.75) is 26.8 Å². The van der Waals surface area contributed by atoms with Crippen molar-refractivity contribution in [2.24, 2.45) is 5.92 Å². The van der Waals surface area contributed by atoms with Gasteiger partial charge >= 0.3 is 0 Å². The van der Waals surface area contributed by atoms with Crippen LogP contribution >= 0.6 is 0 Å². The molecule has 4 heteroatoms. The Morgan fingerprint density at radius 2 is 1.96 bits per heavy atom. The molecule has 2 aromatic carbocycles. The Hall–Kier alpha value is -2.62. The van der Waals surface area contributed by atoms with E-state index in [0.717, 1.165) is 16.8 Å². The zero-order valence-corrected chi connectivity index (χ0v) is 14.1. The number of amides is 2. The molecule has 1 heterocycles. The fourth-order valence-electron chi connectivity index (χ4n) is 3.14. The standard InChI is InChI=1S/C20H22N2O2/c1-14-6-5-8-16(10-14)12-21-20(24)17-11-19(23)22(13-17)18-9-4-3-7-15(18)2/h3-10,17H,11-13H2,1-2H3,(H,21,24)/t17-/m1/s1. The van der Waals surface area contributed by atoms with Crippen LogP contribution in [0.15, 0.2) is 48.5 Å². The van der Waals surface area contributed by atoms with Crippen LogP contribution in [0.5, 0.6) is 0 Å². The molecule has 1 atom stereocenters. The number of carbonyl (C=O) groups excluding carboxylic acids is 2. The summed E-state index contributed by atoms with van der Waals surface area (Å²) in [6, 6.07) is 15.8. The zero-order valence-electron chi connectivity index (χ0n) is 14.1. The molecule has 1 saturated heterocycles. The van der Waals surface area contributed by atoms with Gasteiger partial charge < -0.3 is 10.2 Å². The van der Waals surface area contributed by atoms with E-state index in [-0.39, 0.29) is 24.2 Å². The van der Waals surface area contributed by atoms with Crippen molar-refractivity contribution < 1.29 is 9.59 Å². The van der Waals surface area contributed by atoms with Gasteiger partial charge in [0.2, 0.25) is 11.8 Å². The van der Waals surface area contributed by atoms with Crippen LogP contribution < -0.4 is 10.2 Å². The fourth-order valence-corrected chi connectivity index (χ4v) is 3.14. The number of benzene rings is 2. The maximum Gasteiger partial charge on any atom is 0.227 e. The van der Waals surface area contributed by atoms with E-state index in [0.29, 0.717) is 13.1 Å². The van der Waals surface area contributed by atoms with Gasteiger partial charge in [0.1, 0.15) is 0 Å². The van der Waals surface area contributed by atoms with E-state index < -0.39 is 0 Å². The molecule has 4 nitrogen and oxygen atoms in total. The summed E-state index contributed by atoms with van der Waals surface area (Å²) in [6.07, 6.45) is 0.272. The zero-order chi connectivity index (χ0) is 17.1. The van der Waals surface area contributed by atoms with Crippen molar-refractivity contribution in [3.8, 4) is 0 Å². The molecule has 1 aliphatic heterocycles. The van der Waals surface area contributed by atoms with E-state index in [1.54, 1.807) is 4.90 Å². The van der Waals surface area contributed by atoms with Crippen molar-refractivity contribution in [2.75, 3.05) is 11.4 Å². The summed E-state index contributed by atoms with van der Waals surface area (Å²) in [5.41, 5.74) is 4.19. The van der Waals surface area contributed by atoms with Gasteiger partial charge in [-0.2, -0.15) is 0 Å². The van der Waals surface area contributed by atoms with Gasteiger partial charge in [-0.25, -0.2) is 0 Å². The highest BCUT2D eigenvalue weighted by molar-refractivity contribution is 6.00. The van der Waals surface area contributed by atoms with E-state index in [9.17, 15) is 9.59 Å². The van der Waals surface area contributed by atoms with Crippen LogP contribution in [0.3, 0.4) is 0 Å². The SMILES string of the molecule is Cc1cccc(CNC(=O)[C@@H]2CC(=O)N(c3ccccc3C)C2)c1. The minimum Gasteiger partial charge on any atom is -0.352 e. The molecule has 0 unspecified atom stereocenters. The van der Waals surface area contributed by atoms with Crippen LogP contribution in [-0.2, 0) is 16.1 Å². The number of nitrogens with zero attached hydrogens (tertiary/aromatic N) is 1. The van der Waals surface area contributed by atoms with Crippen molar-refractivity contribution in [3.63, 3.8) is 0 Å². The normalized spacial score (nSPS) is 17.2. The summed E-state index contributed by atoms with van der Waals surface area (Å²) in [5, 5.41) is 2.96. The second-order valence-electron chi connectivity index (χ2n) is 6.40. The molecular formula is C20H22N2O2. The minimum atomic E-state index is -0.290. The molecule has 124 valence electrons. The maximum absolute atomic E-state index is 12.4. The molecule has 1 N–H and O–H groups in total. The van der Waals surface area contributed by atoms with Gasteiger partial charge in [-0.1, -0.05) is 48.0 Å². The third-order valence-corrected chi connectivity index (χ3v) is 4.45. The molecule has 1 fully saturated rings. The van der Waals surface area contributed by atoms with Gasteiger partial charge in [0.05, 0.1) is 5.92 Å². The van der Waals surface area contributed by atoms with Crippen molar-refractivity contribution >= 4 is 17.5 Å². The Bertz CT molecular complexity index is 770. The lowest BCUT2D eigenvalue weighted by Gasteiger charge is -2.19. The van der Waals surface area contributed by atoms with Gasteiger partial charge in [-0.15, -0.1) is 0 Å². The third-order valence-electron chi connectivity index (χ3n) is 4.45. The molecule has 0 aromatic heterocycles. The number of anilines is 1. The molecule has 0 aliphatic carbocycles. The second kappa shape index (κ2) is 6.87. The quantitative estimate of drug-likeness (QED) is 0.941. The topological polar surface area (TPSA) is 49.4 Å². The molecular weight excluding hydrogens is 300 g/mol. The third kappa shape index (κ3) is 3.48. The molecule has 2 amide bonds. The van der Waals surface area contributed by atoms with Crippen LogP contribution in [0.1, 0.15) is 23.1 Å². The fraction of sp³-hybridized carbons (Fsp3) is 0.300. The summed E-state index contributed by atoms with van der Waals surface area (Å²) in [7, 11) is 0. The van der Waals surface area contributed by atoms with E-state index in [4.69, 9.17) is 0 Å². The Labute approximate surface area is 142 Å². The molecule has 0 spiro atoms. The molecule has 0 bridgehead atoms. The molecule has 0 radical (unpaired) electrons. The van der Waals surface area contributed by atoms with Crippen molar-refractivity contribution in [1.82, 2.24) is 5.32 Å². The molecule has 0 saturated carbocycles. The van der Waals surface area contributed by atoms with Gasteiger partial charge in [0.25, 0.3) is 0 Å². The highest BCUT2D eigenvalue weighted by Gasteiger charge is 2.35. The summed E-state index contributed by atoms with van der Waals surface area (Å²) in [6.45, 7) is 4.95. The first-order chi connectivity index (χ1) is 11.5. The molecule has 24 heavy (non-hydrogen) atoms. The number of aryl methyl sites for hydroxylation is 2. The first kappa shape index (κ1) is 16.2. The number of hydrogen-bond donors (Lipinski definition) is 1. The number of carbonyl (C=O) groups is 2. The van der Waals surface area contributed by atoms with E-state index >= 15 is 0 Å². The van der Waals surface area contributed by atoms with Gasteiger partial charge in [-0.05, 0) is 31.0 Å². The Morgan fingerprint density at radius 1 is 1.17 bits per heavy atom. The van der Waals surface area contributed by atoms with Crippen LogP contribution in [0.25, 0.3) is 0 Å². The summed E-state index contributed by atoms with van der Waals surface area (Å²) in [5.74, 6) is -0.331. The van der Waals surface area contributed by atoms with Crippen LogP contribution in [0.2, 0.25) is 0 Å². The number of para-hydroxylation sites is 1. The smallest absolute Gasteiger partial charge is 0.227 e. The number of nitrogens with one attached hydrogen (secondary N) is 1. The highest BCUT2D eigenvalue weighted by Crippen LogP contribution is 2.27. The first-order valence-electron chi connectivity index (χ1n) is 8.24. The lowest BCUT2D eigenvalue weighted by molar-refractivity contribution is -0.126. The van der Waals surface area contributed by atoms with E-state index in [2.05, 4.69) is 11.4 Å². The van der Waals surface area contributed by atoms with Crippen molar-refractivity contribution in [3.05, 3.63) is 65.2 Å². The van der Waals surface area contributed by atoms with Crippen LogP contribution in [-0.4, -0.2) is 18.4 Å².